The van der Waals surface area contributed by atoms with E-state index in [0.717, 1.165) is 13.2 Å². The van der Waals surface area contributed by atoms with E-state index in [0.29, 0.717) is 0 Å². The molecule has 0 bridgehead atoms. The van der Waals surface area contributed by atoms with Crippen LogP contribution < -0.4 is 0 Å². The third-order valence-corrected chi connectivity index (χ3v) is 4.63. The molecule has 1 aliphatic heterocycles. The van der Waals surface area contributed by atoms with Crippen molar-refractivity contribution in [3.8, 4) is 0 Å². The maximum absolute atomic E-state index is 6.04. The Hall–Kier alpha value is -0.500. The Kier molecular flexibility index (Phi) is 5.11. The molecule has 18 heavy (non-hydrogen) atoms. The van der Waals surface area contributed by atoms with Crippen molar-refractivity contribution in [2.75, 3.05) is 13.2 Å². The normalized spacial score (nSPS) is 31.6. The smallest absolute Gasteiger partial charge is 0.103 e. The molecule has 104 valence electrons. The van der Waals surface area contributed by atoms with Crippen LogP contribution in [0.2, 0.25) is 0 Å². The van der Waals surface area contributed by atoms with Crippen LogP contribution >= 0.6 is 0 Å². The zero-order valence-corrected chi connectivity index (χ0v) is 12.0. The molecule has 2 heteroatoms. The molecule has 0 radical (unpaired) electrons. The third kappa shape index (κ3) is 3.74. The van der Waals surface area contributed by atoms with Crippen LogP contribution in [-0.2, 0) is 9.47 Å². The van der Waals surface area contributed by atoms with Crippen molar-refractivity contribution in [3.05, 3.63) is 11.8 Å². The summed E-state index contributed by atoms with van der Waals surface area (Å²) in [5.41, 5.74) is 1.69. The van der Waals surface area contributed by atoms with Crippen molar-refractivity contribution in [2.24, 2.45) is 5.41 Å². The summed E-state index contributed by atoms with van der Waals surface area (Å²) in [7, 11) is 0. The van der Waals surface area contributed by atoms with Gasteiger partial charge < -0.3 is 9.47 Å². The monoisotopic (exact) mass is 252 g/mol. The standard InChI is InChI=1S/C16H28O2/c1-14(16(2)10-6-7-11-17-13-16)18-12-15-8-4-3-5-9-15/h12,14H,3-11,13H2,1-2H3. The van der Waals surface area contributed by atoms with Gasteiger partial charge in [-0.15, -0.1) is 0 Å². The summed E-state index contributed by atoms with van der Waals surface area (Å²) in [6.07, 6.45) is 12.5. The van der Waals surface area contributed by atoms with Crippen LogP contribution in [0, 0.1) is 5.41 Å². The van der Waals surface area contributed by atoms with Gasteiger partial charge in [0.05, 0.1) is 12.9 Å². The van der Waals surface area contributed by atoms with Gasteiger partial charge in [-0.2, -0.15) is 0 Å². The highest BCUT2D eigenvalue weighted by atomic mass is 16.5. The molecule has 2 atom stereocenters. The maximum Gasteiger partial charge on any atom is 0.103 e. The van der Waals surface area contributed by atoms with E-state index in [1.54, 1.807) is 0 Å². The van der Waals surface area contributed by atoms with E-state index in [4.69, 9.17) is 9.47 Å². The summed E-state index contributed by atoms with van der Waals surface area (Å²) in [5.74, 6) is 0. The van der Waals surface area contributed by atoms with Gasteiger partial charge in [0.2, 0.25) is 0 Å². The summed E-state index contributed by atoms with van der Waals surface area (Å²) in [6, 6.07) is 0. The van der Waals surface area contributed by atoms with Gasteiger partial charge in [-0.1, -0.05) is 19.8 Å². The number of allylic oxidation sites excluding steroid dienone is 1. The molecular formula is C16H28O2. The van der Waals surface area contributed by atoms with Crippen LogP contribution in [0.1, 0.15) is 65.2 Å². The van der Waals surface area contributed by atoms with E-state index < -0.39 is 0 Å². The lowest BCUT2D eigenvalue weighted by molar-refractivity contribution is -0.0243. The summed E-state index contributed by atoms with van der Waals surface area (Å²) in [5, 5.41) is 0. The number of hydrogen-bond donors (Lipinski definition) is 0. The highest BCUT2D eigenvalue weighted by Crippen LogP contribution is 2.33. The van der Waals surface area contributed by atoms with Crippen molar-refractivity contribution < 1.29 is 9.47 Å². The largest absolute Gasteiger partial charge is 0.498 e. The molecule has 0 aromatic heterocycles. The fourth-order valence-corrected chi connectivity index (χ4v) is 2.92. The predicted octanol–water partition coefficient (Wildman–Crippen LogP) is 4.45. The molecule has 2 rings (SSSR count). The molecule has 0 N–H and O–H groups in total. The van der Waals surface area contributed by atoms with Crippen molar-refractivity contribution in [2.45, 2.75) is 71.3 Å². The number of rotatable bonds is 3. The number of ether oxygens (including phenoxy) is 2. The van der Waals surface area contributed by atoms with Gasteiger partial charge in [-0.25, -0.2) is 0 Å². The van der Waals surface area contributed by atoms with Crippen LogP contribution in [0.3, 0.4) is 0 Å². The van der Waals surface area contributed by atoms with Crippen molar-refractivity contribution in [3.63, 3.8) is 0 Å². The molecule has 2 unspecified atom stereocenters. The minimum Gasteiger partial charge on any atom is -0.498 e. The first-order valence-corrected chi connectivity index (χ1v) is 7.62. The minimum atomic E-state index is 0.183. The highest BCUT2D eigenvalue weighted by Gasteiger charge is 2.33. The Balaban J connectivity index is 1.87. The van der Waals surface area contributed by atoms with Crippen LogP contribution in [0.4, 0.5) is 0 Å². The Morgan fingerprint density at radius 3 is 2.72 bits per heavy atom. The molecule has 1 aliphatic carbocycles. The molecule has 1 heterocycles. The molecule has 1 saturated carbocycles. The molecule has 2 fully saturated rings. The second-order valence-electron chi connectivity index (χ2n) is 6.28. The Bertz CT molecular complexity index is 267. The molecular weight excluding hydrogens is 224 g/mol. The quantitative estimate of drug-likeness (QED) is 0.691. The number of hydrogen-bond acceptors (Lipinski definition) is 2. The maximum atomic E-state index is 6.04. The van der Waals surface area contributed by atoms with Gasteiger partial charge in [0.1, 0.15) is 6.10 Å². The first-order chi connectivity index (χ1) is 8.71. The van der Waals surface area contributed by atoms with Crippen LogP contribution in [0.15, 0.2) is 11.8 Å². The lowest BCUT2D eigenvalue weighted by Gasteiger charge is -2.33. The molecule has 0 amide bonds. The molecule has 0 spiro atoms. The van der Waals surface area contributed by atoms with E-state index in [1.807, 2.05) is 0 Å². The van der Waals surface area contributed by atoms with Crippen molar-refractivity contribution in [1.29, 1.82) is 0 Å². The minimum absolute atomic E-state index is 0.183. The van der Waals surface area contributed by atoms with Gasteiger partial charge in [0.25, 0.3) is 0 Å². The van der Waals surface area contributed by atoms with Gasteiger partial charge in [-0.3, -0.25) is 0 Å². The second-order valence-corrected chi connectivity index (χ2v) is 6.28. The summed E-state index contributed by atoms with van der Waals surface area (Å²) in [4.78, 5) is 0. The van der Waals surface area contributed by atoms with E-state index in [2.05, 4.69) is 20.1 Å². The van der Waals surface area contributed by atoms with Crippen molar-refractivity contribution >= 4 is 0 Å². The third-order valence-electron chi connectivity index (χ3n) is 4.63. The Labute approximate surface area is 112 Å². The molecule has 2 aliphatic rings. The van der Waals surface area contributed by atoms with Crippen LogP contribution in [-0.4, -0.2) is 19.3 Å². The average molecular weight is 252 g/mol. The van der Waals surface area contributed by atoms with E-state index in [-0.39, 0.29) is 11.5 Å². The molecule has 2 nitrogen and oxygen atoms in total. The van der Waals surface area contributed by atoms with Gasteiger partial charge in [0.15, 0.2) is 0 Å². The van der Waals surface area contributed by atoms with Gasteiger partial charge in [-0.05, 0) is 51.0 Å². The van der Waals surface area contributed by atoms with E-state index in [9.17, 15) is 0 Å². The SMILES string of the molecule is CC(OC=C1CCCCC1)C1(C)CCCCOC1. The lowest BCUT2D eigenvalue weighted by atomic mass is 9.81. The molecule has 0 aromatic rings. The topological polar surface area (TPSA) is 18.5 Å². The van der Waals surface area contributed by atoms with Crippen LogP contribution in [0.25, 0.3) is 0 Å². The molecule has 1 saturated heterocycles. The van der Waals surface area contributed by atoms with Crippen molar-refractivity contribution in [1.82, 2.24) is 0 Å². The van der Waals surface area contributed by atoms with E-state index >= 15 is 0 Å². The van der Waals surface area contributed by atoms with Crippen LogP contribution in [0.5, 0.6) is 0 Å². The molecule has 0 aromatic carbocycles. The Morgan fingerprint density at radius 1 is 1.17 bits per heavy atom. The van der Waals surface area contributed by atoms with Gasteiger partial charge in [0, 0.05) is 12.0 Å². The second kappa shape index (κ2) is 6.60. The first kappa shape index (κ1) is 13.9. The Morgan fingerprint density at radius 2 is 1.94 bits per heavy atom. The van der Waals surface area contributed by atoms with Gasteiger partial charge >= 0.3 is 0 Å². The first-order valence-electron chi connectivity index (χ1n) is 7.62. The summed E-state index contributed by atoms with van der Waals surface area (Å²) < 4.78 is 11.8. The predicted molar refractivity (Wildman–Crippen MR) is 74.5 cm³/mol. The average Bonchev–Trinajstić information content (AvgIpc) is 2.63. The highest BCUT2D eigenvalue weighted by molar-refractivity contribution is 5.01. The lowest BCUT2D eigenvalue weighted by Crippen LogP contribution is -2.35. The fraction of sp³-hybridized carbons (Fsp3) is 0.875. The zero-order chi connectivity index (χ0) is 12.8. The van der Waals surface area contributed by atoms with E-state index in [1.165, 1.54) is 56.9 Å². The summed E-state index contributed by atoms with van der Waals surface area (Å²) >= 11 is 0. The fourth-order valence-electron chi connectivity index (χ4n) is 2.92. The zero-order valence-electron chi connectivity index (χ0n) is 12.0. The summed E-state index contributed by atoms with van der Waals surface area (Å²) in [6.45, 7) is 6.28.